The van der Waals surface area contributed by atoms with Gasteiger partial charge in [-0.2, -0.15) is 4.31 Å². The molecule has 0 aliphatic rings. The van der Waals surface area contributed by atoms with Crippen molar-refractivity contribution in [2.45, 2.75) is 31.7 Å². The minimum Gasteiger partial charge on any atom is -0.396 e. The fourth-order valence-corrected chi connectivity index (χ4v) is 3.84. The molecule has 0 aromatic heterocycles. The number of anilines is 1. The molecule has 0 spiro atoms. The second kappa shape index (κ2) is 6.07. The normalized spacial score (nSPS) is 13.8. The molecule has 20 heavy (non-hydrogen) atoms. The average Bonchev–Trinajstić information content (AvgIpc) is 2.35. The van der Waals surface area contributed by atoms with Gasteiger partial charge >= 0.3 is 0 Å². The van der Waals surface area contributed by atoms with E-state index >= 15 is 0 Å². The first-order chi connectivity index (χ1) is 9.14. The number of nitrogen functional groups attached to an aromatic ring is 1. The highest BCUT2D eigenvalue weighted by Crippen LogP contribution is 2.30. The van der Waals surface area contributed by atoms with E-state index in [1.54, 1.807) is 13.8 Å². The fraction of sp³-hybridized carbons (Fsp3) is 0.538. The van der Waals surface area contributed by atoms with Gasteiger partial charge in [0.25, 0.3) is 0 Å². The van der Waals surface area contributed by atoms with Crippen LogP contribution in [0.4, 0.5) is 10.1 Å². The summed E-state index contributed by atoms with van der Waals surface area (Å²) in [6.45, 7) is 5.06. The van der Waals surface area contributed by atoms with Crippen molar-refractivity contribution < 1.29 is 17.5 Å². The van der Waals surface area contributed by atoms with Crippen LogP contribution in [0.25, 0.3) is 0 Å². The highest BCUT2D eigenvalue weighted by atomic mass is 32.2. The number of hydrogen-bond donors (Lipinski definition) is 1. The Morgan fingerprint density at radius 2 is 2.00 bits per heavy atom. The van der Waals surface area contributed by atoms with E-state index in [2.05, 4.69) is 0 Å². The summed E-state index contributed by atoms with van der Waals surface area (Å²) in [5, 5.41) is 0. The molecular formula is C13H21FN2O3S. The summed E-state index contributed by atoms with van der Waals surface area (Å²) in [7, 11) is -0.781. The van der Waals surface area contributed by atoms with Gasteiger partial charge < -0.3 is 10.5 Å². The molecule has 0 fully saturated rings. The average molecular weight is 304 g/mol. The standard InChI is InChI=1S/C13H21FN2O3S/c1-8-6-11(14)12(15)10(3)13(8)20(17,18)16(4)9(2)7-19-5/h6,9H,7,15H2,1-5H3. The molecule has 2 N–H and O–H groups in total. The highest BCUT2D eigenvalue weighted by molar-refractivity contribution is 7.89. The van der Waals surface area contributed by atoms with Gasteiger partial charge in [-0.1, -0.05) is 0 Å². The summed E-state index contributed by atoms with van der Waals surface area (Å²) in [5.41, 5.74) is 6.04. The van der Waals surface area contributed by atoms with Crippen molar-refractivity contribution >= 4 is 15.7 Å². The molecule has 0 heterocycles. The van der Waals surface area contributed by atoms with Crippen LogP contribution in [0.5, 0.6) is 0 Å². The van der Waals surface area contributed by atoms with Crippen molar-refractivity contribution in [2.24, 2.45) is 0 Å². The Balaban J connectivity index is 3.40. The molecule has 0 saturated heterocycles. The van der Waals surface area contributed by atoms with Crippen LogP contribution in [-0.2, 0) is 14.8 Å². The smallest absolute Gasteiger partial charge is 0.243 e. The van der Waals surface area contributed by atoms with Gasteiger partial charge in [0.2, 0.25) is 10.0 Å². The van der Waals surface area contributed by atoms with E-state index < -0.39 is 15.8 Å². The number of aryl methyl sites for hydroxylation is 1. The first-order valence-corrected chi connectivity index (χ1v) is 7.60. The number of likely N-dealkylation sites (N-methyl/N-ethyl adjacent to an activating group) is 1. The number of nitrogens with zero attached hydrogens (tertiary/aromatic N) is 1. The molecule has 1 aromatic rings. The third-order valence-electron chi connectivity index (χ3n) is 3.37. The lowest BCUT2D eigenvalue weighted by atomic mass is 10.1. The van der Waals surface area contributed by atoms with Gasteiger partial charge in [-0.3, -0.25) is 0 Å². The molecule has 0 saturated carbocycles. The van der Waals surface area contributed by atoms with Crippen LogP contribution in [-0.4, -0.2) is 39.5 Å². The third kappa shape index (κ3) is 2.94. The second-order valence-electron chi connectivity index (χ2n) is 4.87. The van der Waals surface area contributed by atoms with Crippen LogP contribution in [0, 0.1) is 19.7 Å². The van der Waals surface area contributed by atoms with Gasteiger partial charge in [0.15, 0.2) is 0 Å². The number of rotatable bonds is 5. The number of halogens is 1. The molecule has 0 bridgehead atoms. The van der Waals surface area contributed by atoms with E-state index in [9.17, 15) is 12.8 Å². The molecule has 1 rings (SSSR count). The van der Waals surface area contributed by atoms with Crippen LogP contribution >= 0.6 is 0 Å². The minimum atomic E-state index is -3.75. The Labute approximate surface area is 119 Å². The molecule has 0 aliphatic carbocycles. The monoisotopic (exact) mass is 304 g/mol. The Bertz CT molecular complexity index is 602. The van der Waals surface area contributed by atoms with E-state index in [-0.39, 0.29) is 28.8 Å². The highest BCUT2D eigenvalue weighted by Gasteiger charge is 2.29. The molecule has 1 atom stereocenters. The van der Waals surface area contributed by atoms with Crippen LogP contribution < -0.4 is 5.73 Å². The molecule has 0 aliphatic heterocycles. The van der Waals surface area contributed by atoms with Gasteiger partial charge in [-0.05, 0) is 38.0 Å². The Hall–Kier alpha value is -1.18. The summed E-state index contributed by atoms with van der Waals surface area (Å²) in [6, 6.07) is 0.805. The van der Waals surface area contributed by atoms with E-state index in [0.29, 0.717) is 5.56 Å². The molecular weight excluding hydrogens is 283 g/mol. The number of nitrogens with two attached hydrogens (primary N) is 1. The maximum Gasteiger partial charge on any atom is 0.243 e. The number of benzene rings is 1. The van der Waals surface area contributed by atoms with E-state index in [1.165, 1.54) is 25.4 Å². The minimum absolute atomic E-state index is 0.0573. The first kappa shape index (κ1) is 16.9. The van der Waals surface area contributed by atoms with Gasteiger partial charge in [-0.15, -0.1) is 0 Å². The predicted octanol–water partition coefficient (Wildman–Crippen LogP) is 1.68. The van der Waals surface area contributed by atoms with E-state index in [4.69, 9.17) is 10.5 Å². The van der Waals surface area contributed by atoms with Crippen molar-refractivity contribution in [1.82, 2.24) is 4.31 Å². The summed E-state index contributed by atoms with van der Waals surface area (Å²) in [4.78, 5) is 0.0573. The Morgan fingerprint density at radius 1 is 1.45 bits per heavy atom. The molecule has 0 amide bonds. The molecule has 1 unspecified atom stereocenters. The van der Waals surface area contributed by atoms with Gasteiger partial charge in [0.1, 0.15) is 5.82 Å². The number of hydrogen-bond acceptors (Lipinski definition) is 4. The molecule has 7 heteroatoms. The van der Waals surface area contributed by atoms with Gasteiger partial charge in [0, 0.05) is 20.2 Å². The van der Waals surface area contributed by atoms with E-state index in [1.807, 2.05) is 0 Å². The summed E-state index contributed by atoms with van der Waals surface area (Å²) in [5.74, 6) is -0.605. The topological polar surface area (TPSA) is 72.6 Å². The molecule has 114 valence electrons. The fourth-order valence-electron chi connectivity index (χ4n) is 2.05. The predicted molar refractivity (Wildman–Crippen MR) is 76.6 cm³/mol. The summed E-state index contributed by atoms with van der Waals surface area (Å²) < 4.78 is 45.0. The SMILES string of the molecule is COCC(C)N(C)S(=O)(=O)c1c(C)cc(F)c(N)c1C. The summed E-state index contributed by atoms with van der Waals surface area (Å²) in [6.07, 6.45) is 0. The lowest BCUT2D eigenvalue weighted by Gasteiger charge is -2.25. The van der Waals surface area contributed by atoms with Gasteiger partial charge in [0.05, 0.1) is 17.2 Å². The van der Waals surface area contributed by atoms with Crippen LogP contribution in [0.3, 0.4) is 0 Å². The van der Waals surface area contributed by atoms with Crippen LogP contribution in [0.2, 0.25) is 0 Å². The first-order valence-electron chi connectivity index (χ1n) is 6.16. The maximum atomic E-state index is 13.5. The molecule has 1 aromatic carbocycles. The number of sulfonamides is 1. The zero-order valence-electron chi connectivity index (χ0n) is 12.4. The van der Waals surface area contributed by atoms with Gasteiger partial charge in [-0.25, -0.2) is 12.8 Å². The largest absolute Gasteiger partial charge is 0.396 e. The lowest BCUT2D eigenvalue weighted by Crippen LogP contribution is -2.38. The third-order valence-corrected chi connectivity index (χ3v) is 5.63. The summed E-state index contributed by atoms with van der Waals surface area (Å²) >= 11 is 0. The van der Waals surface area contributed by atoms with Crippen molar-refractivity contribution in [3.63, 3.8) is 0 Å². The zero-order valence-corrected chi connectivity index (χ0v) is 13.2. The van der Waals surface area contributed by atoms with Crippen molar-refractivity contribution in [3.05, 3.63) is 23.0 Å². The zero-order chi connectivity index (χ0) is 15.7. The lowest BCUT2D eigenvalue weighted by molar-refractivity contribution is 0.149. The van der Waals surface area contributed by atoms with Crippen LogP contribution in [0.1, 0.15) is 18.1 Å². The Kier molecular flexibility index (Phi) is 5.12. The van der Waals surface area contributed by atoms with E-state index in [0.717, 1.165) is 6.07 Å². The van der Waals surface area contributed by atoms with Crippen molar-refractivity contribution in [3.8, 4) is 0 Å². The van der Waals surface area contributed by atoms with Crippen molar-refractivity contribution in [2.75, 3.05) is 26.5 Å². The van der Waals surface area contributed by atoms with Crippen LogP contribution in [0.15, 0.2) is 11.0 Å². The molecule has 0 radical (unpaired) electrons. The quantitative estimate of drug-likeness (QED) is 0.840. The molecule has 5 nitrogen and oxygen atoms in total. The number of ether oxygens (including phenoxy) is 1. The maximum absolute atomic E-state index is 13.5. The Morgan fingerprint density at radius 3 is 2.50 bits per heavy atom. The van der Waals surface area contributed by atoms with Crippen molar-refractivity contribution in [1.29, 1.82) is 0 Å². The second-order valence-corrected chi connectivity index (χ2v) is 6.80. The number of methoxy groups -OCH3 is 1.